The molecule has 0 bridgehead atoms. The van der Waals surface area contributed by atoms with Crippen LogP contribution in [0.25, 0.3) is 11.0 Å². The van der Waals surface area contributed by atoms with Crippen LogP contribution in [0, 0.1) is 15.5 Å². The largest absolute Gasteiger partial charge is 0.355 e. The summed E-state index contributed by atoms with van der Waals surface area (Å²) in [5.41, 5.74) is 1.69. The first-order chi connectivity index (χ1) is 10.1. The highest BCUT2D eigenvalue weighted by atomic mass is 16.6. The van der Waals surface area contributed by atoms with E-state index in [-0.39, 0.29) is 11.1 Å². The van der Waals surface area contributed by atoms with Gasteiger partial charge in [0.05, 0.1) is 16.0 Å². The van der Waals surface area contributed by atoms with Crippen LogP contribution in [0.3, 0.4) is 0 Å². The number of aromatic nitrogens is 2. The van der Waals surface area contributed by atoms with E-state index in [1.165, 1.54) is 25.0 Å². The number of nitrogens with one attached hydrogen (secondary N) is 3. The number of fused-ring (bicyclic) bond motifs is 1. The van der Waals surface area contributed by atoms with Gasteiger partial charge in [0.25, 0.3) is 5.69 Å². The smallest absolute Gasteiger partial charge is 0.271 e. The lowest BCUT2D eigenvalue weighted by molar-refractivity contribution is -0.384. The van der Waals surface area contributed by atoms with Crippen LogP contribution in [0.1, 0.15) is 19.8 Å². The first-order valence-corrected chi connectivity index (χ1v) is 7.15. The third-order valence-electron chi connectivity index (χ3n) is 4.04. The number of anilines is 1. The van der Waals surface area contributed by atoms with Crippen LogP contribution in [-0.2, 0) is 0 Å². The number of non-ortho nitro benzene ring substituents is 1. The Hall–Kier alpha value is -2.15. The van der Waals surface area contributed by atoms with Gasteiger partial charge in [-0.25, -0.2) is 4.98 Å². The number of nitro benzene ring substituents is 1. The minimum Gasteiger partial charge on any atom is -0.355 e. The van der Waals surface area contributed by atoms with Gasteiger partial charge in [-0.2, -0.15) is 0 Å². The van der Waals surface area contributed by atoms with Crippen LogP contribution >= 0.6 is 0 Å². The molecule has 3 N–H and O–H groups in total. The van der Waals surface area contributed by atoms with Crippen molar-refractivity contribution in [2.75, 3.05) is 25.0 Å². The Labute approximate surface area is 122 Å². The van der Waals surface area contributed by atoms with Crippen LogP contribution in [0.4, 0.5) is 11.6 Å². The number of benzene rings is 1. The molecule has 112 valence electrons. The fourth-order valence-corrected chi connectivity index (χ4v) is 2.76. The second kappa shape index (κ2) is 5.33. The summed E-state index contributed by atoms with van der Waals surface area (Å²) in [5.74, 6) is 0.664. The highest BCUT2D eigenvalue weighted by Gasteiger charge is 2.26. The van der Waals surface area contributed by atoms with Gasteiger partial charge < -0.3 is 15.6 Å². The van der Waals surface area contributed by atoms with Crippen molar-refractivity contribution in [3.63, 3.8) is 0 Å². The van der Waals surface area contributed by atoms with Crippen molar-refractivity contribution in [2.24, 2.45) is 5.41 Å². The minimum atomic E-state index is -0.401. The number of H-pyrrole nitrogens is 1. The summed E-state index contributed by atoms with van der Waals surface area (Å²) >= 11 is 0. The van der Waals surface area contributed by atoms with Gasteiger partial charge in [-0.15, -0.1) is 0 Å². The summed E-state index contributed by atoms with van der Waals surface area (Å²) in [6, 6.07) is 4.65. The van der Waals surface area contributed by atoms with Gasteiger partial charge in [0.1, 0.15) is 0 Å². The van der Waals surface area contributed by atoms with Crippen LogP contribution < -0.4 is 10.6 Å². The molecule has 1 aliphatic rings. The van der Waals surface area contributed by atoms with Crippen LogP contribution in [-0.4, -0.2) is 34.5 Å². The fourth-order valence-electron chi connectivity index (χ4n) is 2.76. The maximum absolute atomic E-state index is 10.8. The summed E-state index contributed by atoms with van der Waals surface area (Å²) < 4.78 is 0. The van der Waals surface area contributed by atoms with Gasteiger partial charge in [-0.3, -0.25) is 10.1 Å². The van der Waals surface area contributed by atoms with Crippen molar-refractivity contribution in [2.45, 2.75) is 19.8 Å². The van der Waals surface area contributed by atoms with Crippen molar-refractivity contribution >= 4 is 22.7 Å². The zero-order valence-electron chi connectivity index (χ0n) is 12.0. The lowest BCUT2D eigenvalue weighted by Gasteiger charge is -2.34. The Bertz CT molecular complexity index is 660. The SMILES string of the molecule is CC1(CNc2nc3ccc([N+](=O)[O-])cc3[nH]2)CCCNC1. The van der Waals surface area contributed by atoms with E-state index in [1.807, 2.05) is 0 Å². The zero-order valence-corrected chi connectivity index (χ0v) is 12.0. The number of nitro groups is 1. The van der Waals surface area contributed by atoms with E-state index < -0.39 is 4.92 Å². The lowest BCUT2D eigenvalue weighted by atomic mass is 9.83. The highest BCUT2D eigenvalue weighted by molar-refractivity contribution is 5.79. The molecule has 21 heavy (non-hydrogen) atoms. The molecule has 1 fully saturated rings. The van der Waals surface area contributed by atoms with Crippen LogP contribution in [0.2, 0.25) is 0 Å². The first-order valence-electron chi connectivity index (χ1n) is 7.15. The van der Waals surface area contributed by atoms with E-state index in [9.17, 15) is 10.1 Å². The minimum absolute atomic E-state index is 0.0705. The van der Waals surface area contributed by atoms with E-state index in [0.717, 1.165) is 25.2 Å². The molecule has 1 saturated heterocycles. The average Bonchev–Trinajstić information content (AvgIpc) is 2.88. The van der Waals surface area contributed by atoms with E-state index in [0.29, 0.717) is 11.5 Å². The molecule has 1 unspecified atom stereocenters. The molecule has 0 amide bonds. The fraction of sp³-hybridized carbons (Fsp3) is 0.500. The Kier molecular flexibility index (Phi) is 3.50. The molecule has 2 heterocycles. The maximum Gasteiger partial charge on any atom is 0.271 e. The van der Waals surface area contributed by atoms with Crippen LogP contribution in [0.5, 0.6) is 0 Å². The standard InChI is InChI=1S/C14H19N5O2/c1-14(5-2-6-15-8-14)9-16-13-17-11-4-3-10(19(20)21)7-12(11)18-13/h3-4,7,15H,2,5-6,8-9H2,1H3,(H2,16,17,18). The summed E-state index contributed by atoms with van der Waals surface area (Å²) in [5, 5.41) is 17.5. The molecule has 1 atom stereocenters. The predicted octanol–water partition coefficient (Wildman–Crippen LogP) is 2.27. The van der Waals surface area contributed by atoms with Crippen molar-refractivity contribution in [3.8, 4) is 0 Å². The summed E-state index contributed by atoms with van der Waals surface area (Å²) in [4.78, 5) is 17.9. The molecule has 1 aromatic heterocycles. The van der Waals surface area contributed by atoms with E-state index >= 15 is 0 Å². The first kappa shape index (κ1) is 13.8. The number of hydrogen-bond acceptors (Lipinski definition) is 5. The Morgan fingerprint density at radius 3 is 3.10 bits per heavy atom. The summed E-state index contributed by atoms with van der Waals surface area (Å²) in [7, 11) is 0. The van der Waals surface area contributed by atoms with Crippen molar-refractivity contribution < 1.29 is 4.92 Å². The van der Waals surface area contributed by atoms with Gasteiger partial charge >= 0.3 is 0 Å². The normalized spacial score (nSPS) is 22.3. The average molecular weight is 289 g/mol. The molecule has 1 aromatic carbocycles. The Morgan fingerprint density at radius 1 is 1.52 bits per heavy atom. The third-order valence-corrected chi connectivity index (χ3v) is 4.04. The lowest BCUT2D eigenvalue weighted by Crippen LogP contribution is -2.42. The van der Waals surface area contributed by atoms with Gasteiger partial charge in [-0.1, -0.05) is 6.92 Å². The molecule has 0 saturated carbocycles. The van der Waals surface area contributed by atoms with Gasteiger partial charge in [-0.05, 0) is 30.9 Å². The zero-order chi connectivity index (χ0) is 14.9. The van der Waals surface area contributed by atoms with E-state index in [2.05, 4.69) is 27.5 Å². The Balaban J connectivity index is 1.73. The summed E-state index contributed by atoms with van der Waals surface area (Å²) in [6.45, 7) is 5.15. The van der Waals surface area contributed by atoms with Gasteiger partial charge in [0.15, 0.2) is 0 Å². The maximum atomic E-state index is 10.8. The number of rotatable bonds is 4. The molecule has 3 rings (SSSR count). The third kappa shape index (κ3) is 2.97. The topological polar surface area (TPSA) is 95.9 Å². The van der Waals surface area contributed by atoms with Crippen molar-refractivity contribution in [1.29, 1.82) is 0 Å². The van der Waals surface area contributed by atoms with Gasteiger partial charge in [0.2, 0.25) is 5.95 Å². The number of hydrogen-bond donors (Lipinski definition) is 3. The molecule has 0 aliphatic carbocycles. The number of nitrogens with zero attached hydrogens (tertiary/aromatic N) is 2. The molecule has 0 spiro atoms. The molecule has 1 aliphatic heterocycles. The predicted molar refractivity (Wildman–Crippen MR) is 81.4 cm³/mol. The molecule has 7 heteroatoms. The molecule has 2 aromatic rings. The van der Waals surface area contributed by atoms with Crippen molar-refractivity contribution in [3.05, 3.63) is 28.3 Å². The quantitative estimate of drug-likeness (QED) is 0.592. The second-order valence-corrected chi connectivity index (χ2v) is 5.99. The highest BCUT2D eigenvalue weighted by Crippen LogP contribution is 2.26. The molecular formula is C14H19N5O2. The van der Waals surface area contributed by atoms with Crippen LogP contribution in [0.15, 0.2) is 18.2 Å². The molecule has 0 radical (unpaired) electrons. The number of imidazole rings is 1. The monoisotopic (exact) mass is 289 g/mol. The summed E-state index contributed by atoms with van der Waals surface area (Å²) in [6.07, 6.45) is 2.36. The molecule has 7 nitrogen and oxygen atoms in total. The Morgan fingerprint density at radius 2 is 2.38 bits per heavy atom. The molecular weight excluding hydrogens is 270 g/mol. The number of piperidine rings is 1. The van der Waals surface area contributed by atoms with Crippen molar-refractivity contribution in [1.82, 2.24) is 15.3 Å². The second-order valence-electron chi connectivity index (χ2n) is 5.99. The van der Waals surface area contributed by atoms with E-state index in [4.69, 9.17) is 0 Å². The number of aromatic amines is 1. The van der Waals surface area contributed by atoms with Gasteiger partial charge in [0, 0.05) is 25.2 Å². The van der Waals surface area contributed by atoms with E-state index in [1.54, 1.807) is 6.07 Å².